The van der Waals surface area contributed by atoms with Crippen LogP contribution in [-0.2, 0) is 6.54 Å². The monoisotopic (exact) mass is 345 g/mol. The van der Waals surface area contributed by atoms with Crippen molar-refractivity contribution >= 4 is 27.5 Å². The molecule has 1 aromatic rings. The molecule has 0 heterocycles. The highest BCUT2D eigenvalue weighted by Crippen LogP contribution is 2.23. The van der Waals surface area contributed by atoms with E-state index in [1.54, 1.807) is 0 Å². The molecule has 0 fully saturated rings. The smallest absolute Gasteiger partial charge is 0.0551 e. The van der Waals surface area contributed by atoms with E-state index >= 15 is 0 Å². The lowest BCUT2D eigenvalue weighted by Gasteiger charge is -2.07. The Bertz CT molecular complexity index is 366. The molecule has 0 saturated carbocycles. The van der Waals surface area contributed by atoms with Crippen LogP contribution in [0.3, 0.4) is 0 Å². The fourth-order valence-corrected chi connectivity index (χ4v) is 2.49. The van der Waals surface area contributed by atoms with Gasteiger partial charge >= 0.3 is 0 Å². The van der Waals surface area contributed by atoms with Crippen LogP contribution in [0.25, 0.3) is 0 Å². The molecule has 0 aliphatic heterocycles. The van der Waals surface area contributed by atoms with Gasteiger partial charge in [0.15, 0.2) is 0 Å². The van der Waals surface area contributed by atoms with E-state index in [1.165, 1.54) is 37.7 Å². The van der Waals surface area contributed by atoms with Crippen molar-refractivity contribution in [1.82, 2.24) is 5.32 Å². The van der Waals surface area contributed by atoms with Crippen molar-refractivity contribution in [3.8, 4) is 0 Å². The normalized spacial score (nSPS) is 11.2. The number of rotatable bonds is 9. The molecule has 0 saturated heterocycles. The van der Waals surface area contributed by atoms with Crippen LogP contribution in [0.5, 0.6) is 0 Å². The summed E-state index contributed by atoms with van der Waals surface area (Å²) in [4.78, 5) is 0. The molecule has 19 heavy (non-hydrogen) atoms. The lowest BCUT2D eigenvalue weighted by atomic mass is 10.0. The van der Waals surface area contributed by atoms with Gasteiger partial charge in [0.25, 0.3) is 0 Å². The maximum absolute atomic E-state index is 6.06. The largest absolute Gasteiger partial charge is 0.313 e. The SMILES string of the molecule is CC(C)CCCCCCNCc1ccc(Br)c(Cl)c1. The minimum Gasteiger partial charge on any atom is -0.313 e. The molecular weight excluding hydrogens is 322 g/mol. The Kier molecular flexibility index (Phi) is 8.76. The van der Waals surface area contributed by atoms with Crippen LogP contribution in [0.1, 0.15) is 51.5 Å². The van der Waals surface area contributed by atoms with Gasteiger partial charge in [0.2, 0.25) is 0 Å². The zero-order chi connectivity index (χ0) is 14.1. The molecule has 1 rings (SSSR count). The van der Waals surface area contributed by atoms with Crippen LogP contribution < -0.4 is 5.32 Å². The number of halogens is 2. The van der Waals surface area contributed by atoms with Crippen molar-refractivity contribution in [3.05, 3.63) is 33.3 Å². The van der Waals surface area contributed by atoms with Gasteiger partial charge in [-0.2, -0.15) is 0 Å². The molecule has 0 bridgehead atoms. The van der Waals surface area contributed by atoms with Crippen molar-refractivity contribution in [2.75, 3.05) is 6.54 Å². The van der Waals surface area contributed by atoms with Crippen LogP contribution in [0, 0.1) is 5.92 Å². The average Bonchev–Trinajstić information content (AvgIpc) is 2.36. The number of hydrogen-bond donors (Lipinski definition) is 1. The maximum atomic E-state index is 6.06. The van der Waals surface area contributed by atoms with Crippen molar-refractivity contribution in [2.45, 2.75) is 52.5 Å². The number of hydrogen-bond acceptors (Lipinski definition) is 1. The first-order valence-electron chi connectivity index (χ1n) is 7.24. The molecule has 0 aliphatic carbocycles. The number of nitrogens with one attached hydrogen (secondary N) is 1. The summed E-state index contributed by atoms with van der Waals surface area (Å²) in [6.45, 7) is 6.59. The minimum absolute atomic E-state index is 0.785. The van der Waals surface area contributed by atoms with E-state index < -0.39 is 0 Å². The van der Waals surface area contributed by atoms with Crippen LogP contribution in [-0.4, -0.2) is 6.54 Å². The van der Waals surface area contributed by atoms with Crippen molar-refractivity contribution in [1.29, 1.82) is 0 Å². The van der Waals surface area contributed by atoms with E-state index in [0.29, 0.717) is 0 Å². The van der Waals surface area contributed by atoms with Crippen LogP contribution in [0.15, 0.2) is 22.7 Å². The van der Waals surface area contributed by atoms with Gasteiger partial charge in [-0.25, -0.2) is 0 Å². The third-order valence-corrected chi connectivity index (χ3v) is 4.43. The molecule has 0 unspecified atom stereocenters. The molecule has 1 N–H and O–H groups in total. The molecule has 0 aromatic heterocycles. The summed E-state index contributed by atoms with van der Waals surface area (Å²) in [5, 5.41) is 4.26. The second kappa shape index (κ2) is 9.79. The van der Waals surface area contributed by atoms with Gasteiger partial charge in [-0.15, -0.1) is 0 Å². The molecule has 0 atom stereocenters. The van der Waals surface area contributed by atoms with Gasteiger partial charge in [0.1, 0.15) is 0 Å². The van der Waals surface area contributed by atoms with Gasteiger partial charge in [0, 0.05) is 11.0 Å². The van der Waals surface area contributed by atoms with Crippen LogP contribution in [0.2, 0.25) is 5.02 Å². The summed E-state index contributed by atoms with van der Waals surface area (Å²) in [5.41, 5.74) is 1.24. The van der Waals surface area contributed by atoms with Crippen LogP contribution >= 0.6 is 27.5 Å². The molecular formula is C16H25BrClN. The van der Waals surface area contributed by atoms with E-state index in [2.05, 4.69) is 41.2 Å². The highest BCUT2D eigenvalue weighted by atomic mass is 79.9. The second-order valence-electron chi connectivity index (χ2n) is 5.52. The number of benzene rings is 1. The van der Waals surface area contributed by atoms with Gasteiger partial charge in [0.05, 0.1) is 5.02 Å². The van der Waals surface area contributed by atoms with E-state index in [9.17, 15) is 0 Å². The Morgan fingerprint density at radius 2 is 1.89 bits per heavy atom. The fourth-order valence-electron chi connectivity index (χ4n) is 2.04. The van der Waals surface area contributed by atoms with Crippen molar-refractivity contribution in [3.63, 3.8) is 0 Å². The van der Waals surface area contributed by atoms with Gasteiger partial charge in [-0.1, -0.05) is 57.2 Å². The zero-order valence-corrected chi connectivity index (χ0v) is 14.4. The van der Waals surface area contributed by atoms with E-state index in [0.717, 1.165) is 28.5 Å². The lowest BCUT2D eigenvalue weighted by Crippen LogP contribution is -2.14. The van der Waals surface area contributed by atoms with Gasteiger partial charge < -0.3 is 5.32 Å². The predicted molar refractivity (Wildman–Crippen MR) is 88.8 cm³/mol. The Balaban J connectivity index is 2.03. The second-order valence-corrected chi connectivity index (χ2v) is 6.78. The van der Waals surface area contributed by atoms with Gasteiger partial charge in [-0.3, -0.25) is 0 Å². The summed E-state index contributed by atoms with van der Waals surface area (Å²) in [5.74, 6) is 0.847. The minimum atomic E-state index is 0.785. The fraction of sp³-hybridized carbons (Fsp3) is 0.625. The Hall–Kier alpha value is -0.0500. The summed E-state index contributed by atoms with van der Waals surface area (Å²) in [6.07, 6.45) is 6.71. The first-order chi connectivity index (χ1) is 9.09. The molecule has 108 valence electrons. The Morgan fingerprint density at radius 1 is 1.16 bits per heavy atom. The van der Waals surface area contributed by atoms with Crippen molar-refractivity contribution < 1.29 is 0 Å². The first kappa shape index (κ1) is 17.0. The third kappa shape index (κ3) is 7.96. The first-order valence-corrected chi connectivity index (χ1v) is 8.41. The Labute approximate surface area is 131 Å². The third-order valence-electron chi connectivity index (χ3n) is 3.20. The van der Waals surface area contributed by atoms with Gasteiger partial charge in [-0.05, 0) is 52.5 Å². The summed E-state index contributed by atoms with van der Waals surface area (Å²) in [6, 6.07) is 6.12. The summed E-state index contributed by atoms with van der Waals surface area (Å²) < 4.78 is 0.961. The van der Waals surface area contributed by atoms with E-state index in [1.807, 2.05) is 12.1 Å². The molecule has 3 heteroatoms. The van der Waals surface area contributed by atoms with Crippen molar-refractivity contribution in [2.24, 2.45) is 5.92 Å². The summed E-state index contributed by atoms with van der Waals surface area (Å²) >= 11 is 9.47. The molecule has 1 nitrogen and oxygen atoms in total. The predicted octanol–water partition coefficient (Wildman–Crippen LogP) is 5.80. The maximum Gasteiger partial charge on any atom is 0.0551 e. The summed E-state index contributed by atoms with van der Waals surface area (Å²) in [7, 11) is 0. The zero-order valence-electron chi connectivity index (χ0n) is 12.0. The molecule has 0 spiro atoms. The molecule has 0 aliphatic rings. The average molecular weight is 347 g/mol. The lowest BCUT2D eigenvalue weighted by molar-refractivity contribution is 0.512. The molecule has 1 aromatic carbocycles. The highest BCUT2D eigenvalue weighted by Gasteiger charge is 1.99. The van der Waals surface area contributed by atoms with E-state index in [4.69, 9.17) is 11.6 Å². The Morgan fingerprint density at radius 3 is 2.58 bits per heavy atom. The quantitative estimate of drug-likeness (QED) is 0.557. The van der Waals surface area contributed by atoms with Crippen LogP contribution in [0.4, 0.5) is 0 Å². The standard InChI is InChI=1S/C16H25BrClN/c1-13(2)7-5-3-4-6-10-19-12-14-8-9-15(17)16(18)11-14/h8-9,11,13,19H,3-7,10,12H2,1-2H3. The molecule has 0 radical (unpaired) electrons. The topological polar surface area (TPSA) is 12.0 Å². The van der Waals surface area contributed by atoms with E-state index in [-0.39, 0.29) is 0 Å². The highest BCUT2D eigenvalue weighted by molar-refractivity contribution is 9.10. The molecule has 0 amide bonds. The number of unbranched alkanes of at least 4 members (excludes halogenated alkanes) is 3.